The molecule has 1 aromatic carbocycles. The van der Waals surface area contributed by atoms with Gasteiger partial charge in [-0.2, -0.15) is 0 Å². The molecule has 0 fully saturated rings. The molecule has 1 amide bonds. The van der Waals surface area contributed by atoms with E-state index in [0.29, 0.717) is 43.2 Å². The third-order valence-electron chi connectivity index (χ3n) is 5.43. The molecule has 3 heterocycles. The van der Waals surface area contributed by atoms with Crippen LogP contribution >= 0.6 is 0 Å². The number of amides is 1. The molecule has 4 rings (SSSR count). The number of ether oxygens (including phenoxy) is 1. The third kappa shape index (κ3) is 4.59. The first-order valence-electron chi connectivity index (χ1n) is 10.6. The second-order valence-corrected chi connectivity index (χ2v) is 7.73. The molecule has 0 aliphatic carbocycles. The number of hydrogen-bond donors (Lipinski definition) is 1. The van der Waals surface area contributed by atoms with E-state index in [1.165, 1.54) is 4.90 Å². The molecule has 33 heavy (non-hydrogen) atoms. The summed E-state index contributed by atoms with van der Waals surface area (Å²) in [4.78, 5) is 31.9. The Labute approximate surface area is 191 Å². The van der Waals surface area contributed by atoms with E-state index in [4.69, 9.17) is 9.15 Å². The number of aryl methyl sites for hydroxylation is 2. The van der Waals surface area contributed by atoms with Crippen LogP contribution in [0.4, 0.5) is 0 Å². The molecule has 0 unspecified atom stereocenters. The molecule has 0 bridgehead atoms. The smallest absolute Gasteiger partial charge is 0.290 e. The Balaban J connectivity index is 1.68. The molecule has 2 aromatic heterocycles. The molecular formula is C25H25N3O5. The van der Waals surface area contributed by atoms with Gasteiger partial charge in [0.1, 0.15) is 18.1 Å². The SMILES string of the molecule is C=CCOc1cccc([C@H]2C(C(=O)c3ccc(C)o3)=C(O)C(=O)N2CCCn2ccnc2)c1. The second kappa shape index (κ2) is 9.60. The monoisotopic (exact) mass is 447 g/mol. The number of Topliss-reactive ketones (excluding diaryl/α,β-unsaturated/α-hetero) is 1. The molecule has 1 aliphatic rings. The standard InChI is InChI=1S/C25H25N3O5/c1-3-14-32-19-7-4-6-18(15-19)22-21(23(29)20-9-8-17(2)33-20)24(30)25(31)28(22)12-5-11-27-13-10-26-16-27/h3-4,6-10,13,15-16,22,30H,1,5,11-12,14H2,2H3/t22-/m0/s1. The van der Waals surface area contributed by atoms with Gasteiger partial charge in [0, 0.05) is 25.5 Å². The molecule has 0 saturated heterocycles. The van der Waals surface area contributed by atoms with Crippen LogP contribution in [0.1, 0.15) is 34.3 Å². The minimum Gasteiger partial charge on any atom is -0.503 e. The van der Waals surface area contributed by atoms with Crippen molar-refractivity contribution in [2.24, 2.45) is 0 Å². The quantitative estimate of drug-likeness (QED) is 0.372. The van der Waals surface area contributed by atoms with E-state index in [1.54, 1.807) is 61.9 Å². The largest absolute Gasteiger partial charge is 0.503 e. The van der Waals surface area contributed by atoms with Gasteiger partial charge in [-0.3, -0.25) is 9.59 Å². The van der Waals surface area contributed by atoms with Gasteiger partial charge in [-0.1, -0.05) is 24.8 Å². The number of aliphatic hydroxyl groups excluding tert-OH is 1. The predicted octanol–water partition coefficient (Wildman–Crippen LogP) is 4.02. The number of benzene rings is 1. The number of hydrogen-bond acceptors (Lipinski definition) is 6. The molecule has 8 nitrogen and oxygen atoms in total. The first-order chi connectivity index (χ1) is 16.0. The Hall–Kier alpha value is -4.07. The van der Waals surface area contributed by atoms with E-state index in [9.17, 15) is 14.7 Å². The molecule has 8 heteroatoms. The number of imidazole rings is 1. The summed E-state index contributed by atoms with van der Waals surface area (Å²) >= 11 is 0. The Morgan fingerprint density at radius 1 is 1.30 bits per heavy atom. The van der Waals surface area contributed by atoms with Crippen LogP contribution in [0, 0.1) is 6.92 Å². The van der Waals surface area contributed by atoms with Gasteiger partial charge in [-0.15, -0.1) is 0 Å². The van der Waals surface area contributed by atoms with Gasteiger partial charge in [0.25, 0.3) is 5.91 Å². The van der Waals surface area contributed by atoms with E-state index in [1.807, 2.05) is 10.8 Å². The summed E-state index contributed by atoms with van der Waals surface area (Å²) in [6.07, 6.45) is 7.48. The highest BCUT2D eigenvalue weighted by Gasteiger charge is 2.44. The normalized spacial score (nSPS) is 15.8. The third-order valence-corrected chi connectivity index (χ3v) is 5.43. The van der Waals surface area contributed by atoms with Crippen LogP contribution < -0.4 is 4.74 Å². The Kier molecular flexibility index (Phi) is 6.44. The predicted molar refractivity (Wildman–Crippen MR) is 121 cm³/mol. The second-order valence-electron chi connectivity index (χ2n) is 7.73. The number of rotatable bonds is 10. The van der Waals surface area contributed by atoms with Crippen LogP contribution in [0.3, 0.4) is 0 Å². The summed E-state index contributed by atoms with van der Waals surface area (Å²) in [7, 11) is 0. The molecule has 0 spiro atoms. The fraction of sp³-hybridized carbons (Fsp3) is 0.240. The zero-order chi connectivity index (χ0) is 23.4. The molecule has 3 aromatic rings. The van der Waals surface area contributed by atoms with E-state index in [2.05, 4.69) is 11.6 Å². The van der Waals surface area contributed by atoms with Crippen molar-refractivity contribution in [3.8, 4) is 5.75 Å². The zero-order valence-corrected chi connectivity index (χ0v) is 18.3. The van der Waals surface area contributed by atoms with Crippen LogP contribution in [0.5, 0.6) is 5.75 Å². The van der Waals surface area contributed by atoms with Crippen LogP contribution in [0.2, 0.25) is 0 Å². The maximum absolute atomic E-state index is 13.3. The van der Waals surface area contributed by atoms with Crippen molar-refractivity contribution < 1.29 is 23.8 Å². The zero-order valence-electron chi connectivity index (χ0n) is 18.3. The van der Waals surface area contributed by atoms with Gasteiger partial charge >= 0.3 is 0 Å². The number of nitrogens with zero attached hydrogens (tertiary/aromatic N) is 3. The Morgan fingerprint density at radius 2 is 2.15 bits per heavy atom. The van der Waals surface area contributed by atoms with Crippen molar-refractivity contribution in [3.63, 3.8) is 0 Å². The van der Waals surface area contributed by atoms with E-state index in [0.717, 1.165) is 0 Å². The topological polar surface area (TPSA) is 97.8 Å². The van der Waals surface area contributed by atoms with Crippen molar-refractivity contribution in [2.45, 2.75) is 25.9 Å². The van der Waals surface area contributed by atoms with Crippen molar-refractivity contribution in [1.29, 1.82) is 0 Å². The van der Waals surface area contributed by atoms with Crippen molar-refractivity contribution >= 4 is 11.7 Å². The molecule has 1 N–H and O–H groups in total. The summed E-state index contributed by atoms with van der Waals surface area (Å²) in [5.41, 5.74) is 0.654. The minimum atomic E-state index is -0.773. The number of aromatic nitrogens is 2. The Morgan fingerprint density at radius 3 is 2.85 bits per heavy atom. The van der Waals surface area contributed by atoms with Crippen molar-refractivity contribution in [2.75, 3.05) is 13.2 Å². The van der Waals surface area contributed by atoms with Gasteiger partial charge in [0.05, 0.1) is 17.9 Å². The first kappa shape index (κ1) is 22.1. The molecule has 1 aliphatic heterocycles. The maximum atomic E-state index is 13.3. The van der Waals surface area contributed by atoms with Crippen molar-refractivity contribution in [3.05, 3.63) is 96.2 Å². The van der Waals surface area contributed by atoms with Gasteiger partial charge in [-0.25, -0.2) is 4.98 Å². The lowest BCUT2D eigenvalue weighted by atomic mass is 9.95. The average molecular weight is 447 g/mol. The number of carbonyl (C=O) groups is 2. The fourth-order valence-corrected chi connectivity index (χ4v) is 3.92. The molecule has 170 valence electrons. The summed E-state index contributed by atoms with van der Waals surface area (Å²) < 4.78 is 13.0. The van der Waals surface area contributed by atoms with E-state index in [-0.39, 0.29) is 11.3 Å². The fourth-order valence-electron chi connectivity index (χ4n) is 3.92. The number of furan rings is 1. The summed E-state index contributed by atoms with van der Waals surface area (Å²) in [6.45, 7) is 6.67. The van der Waals surface area contributed by atoms with E-state index >= 15 is 0 Å². The highest BCUT2D eigenvalue weighted by Crippen LogP contribution is 2.40. The molecular weight excluding hydrogens is 422 g/mol. The van der Waals surface area contributed by atoms with Gasteiger partial charge in [-0.05, 0) is 43.2 Å². The lowest BCUT2D eigenvalue weighted by Gasteiger charge is -2.27. The van der Waals surface area contributed by atoms with E-state index < -0.39 is 23.5 Å². The highest BCUT2D eigenvalue weighted by molar-refractivity contribution is 6.15. The van der Waals surface area contributed by atoms with Crippen LogP contribution in [0.15, 0.2) is 83.5 Å². The Bertz CT molecular complexity index is 1190. The molecule has 1 atom stereocenters. The summed E-state index contributed by atoms with van der Waals surface area (Å²) in [6, 6.07) is 9.59. The minimum absolute atomic E-state index is 0.00199. The molecule has 0 radical (unpaired) electrons. The molecule has 0 saturated carbocycles. The van der Waals surface area contributed by atoms with Crippen LogP contribution in [0.25, 0.3) is 0 Å². The lowest BCUT2D eigenvalue weighted by molar-refractivity contribution is -0.129. The van der Waals surface area contributed by atoms with Crippen LogP contribution in [-0.2, 0) is 11.3 Å². The maximum Gasteiger partial charge on any atom is 0.290 e. The number of ketones is 1. The van der Waals surface area contributed by atoms with Gasteiger partial charge in [0.2, 0.25) is 5.78 Å². The lowest BCUT2D eigenvalue weighted by Crippen LogP contribution is -2.32. The average Bonchev–Trinajstić information content (AvgIpc) is 3.54. The first-order valence-corrected chi connectivity index (χ1v) is 10.6. The van der Waals surface area contributed by atoms with Crippen LogP contribution in [-0.4, -0.2) is 44.4 Å². The number of carbonyl (C=O) groups excluding carboxylic acids is 2. The summed E-state index contributed by atoms with van der Waals surface area (Å²) in [5, 5.41) is 10.8. The summed E-state index contributed by atoms with van der Waals surface area (Å²) in [5.74, 6) is -0.449. The van der Waals surface area contributed by atoms with Gasteiger partial charge < -0.3 is 23.7 Å². The highest BCUT2D eigenvalue weighted by atomic mass is 16.5. The number of aliphatic hydroxyl groups is 1. The van der Waals surface area contributed by atoms with Crippen molar-refractivity contribution in [1.82, 2.24) is 14.5 Å². The van der Waals surface area contributed by atoms with Gasteiger partial charge in [0.15, 0.2) is 11.5 Å².